The lowest BCUT2D eigenvalue weighted by atomic mass is 9.70. The Morgan fingerprint density at radius 2 is 1.89 bits per heavy atom. The molecule has 3 saturated heterocycles. The van der Waals surface area contributed by atoms with Gasteiger partial charge in [-0.15, -0.1) is 13.2 Å². The summed E-state index contributed by atoms with van der Waals surface area (Å²) in [4.78, 5) is 58.1. The molecule has 0 saturated carbocycles. The molecule has 3 aliphatic heterocycles. The number of likely N-dealkylation sites (tertiary alicyclic amines) is 1. The van der Waals surface area contributed by atoms with Crippen LogP contribution in [-0.2, 0) is 28.7 Å². The molecule has 2 aromatic rings. The molecule has 0 aliphatic carbocycles. The number of alkyl halides is 1. The lowest BCUT2D eigenvalue weighted by Crippen LogP contribution is -2.57. The van der Waals surface area contributed by atoms with Crippen molar-refractivity contribution in [1.82, 2.24) is 10.2 Å². The van der Waals surface area contributed by atoms with E-state index in [2.05, 4.69) is 34.4 Å². The zero-order chi connectivity index (χ0) is 33.9. The number of hydrogen-bond donors (Lipinski definition) is 2. The number of carbonyl (C=O) groups excluding carboxylic acids is 4. The first-order valence-corrected chi connectivity index (χ1v) is 16.9. The Hall–Kier alpha value is -3.51. The van der Waals surface area contributed by atoms with Crippen molar-refractivity contribution in [2.24, 2.45) is 11.8 Å². The van der Waals surface area contributed by atoms with Crippen molar-refractivity contribution in [3.8, 4) is 0 Å². The molecule has 2 N–H and O–H groups in total. The average Bonchev–Trinajstić information content (AvgIpc) is 3.66. The van der Waals surface area contributed by atoms with Gasteiger partial charge in [-0.05, 0) is 37.5 Å². The van der Waals surface area contributed by atoms with Gasteiger partial charge in [-0.2, -0.15) is 0 Å². The van der Waals surface area contributed by atoms with Crippen molar-refractivity contribution < 1.29 is 33.8 Å². The number of rotatable bonds is 14. The maximum atomic E-state index is 14.9. The molecule has 0 aromatic heterocycles. The summed E-state index contributed by atoms with van der Waals surface area (Å²) < 4.78 is 12.4. The van der Waals surface area contributed by atoms with Crippen molar-refractivity contribution >= 4 is 56.9 Å². The van der Waals surface area contributed by atoms with E-state index in [1.807, 2.05) is 6.07 Å². The number of allylic oxidation sites excluding steroid dienone is 1. The summed E-state index contributed by atoms with van der Waals surface area (Å²) in [6, 6.07) is 13.7. The number of esters is 1. The number of benzene rings is 2. The molecule has 2 bridgehead atoms. The van der Waals surface area contributed by atoms with Gasteiger partial charge in [-0.1, -0.05) is 82.1 Å². The molecule has 0 radical (unpaired) electrons. The number of halogens is 2. The molecule has 1 spiro atoms. The number of amides is 3. The highest BCUT2D eigenvalue weighted by molar-refractivity contribution is 9.09. The SMILES string of the molecule is C=CCCC(=O)NC[C@@H](C)OC(=O)[C@H]1[C@@H]2O[C@@]3(CC2Br)[C@@H]1C(=O)N([C@H](CO)c1ccccc1)[C@@H]3C(=O)N(CC=C)c1ccccc1Cl. The lowest BCUT2D eigenvalue weighted by Gasteiger charge is -2.39. The molecule has 10 nitrogen and oxygen atoms in total. The molecule has 47 heavy (non-hydrogen) atoms. The van der Waals surface area contributed by atoms with Crippen LogP contribution in [0.15, 0.2) is 79.9 Å². The van der Waals surface area contributed by atoms with Gasteiger partial charge in [-0.25, -0.2) is 0 Å². The Morgan fingerprint density at radius 3 is 2.55 bits per heavy atom. The summed E-state index contributed by atoms with van der Waals surface area (Å²) in [5.74, 6) is -3.92. The third kappa shape index (κ3) is 6.50. The Bertz CT molecular complexity index is 1530. The average molecular weight is 729 g/mol. The Labute approximate surface area is 287 Å². The third-order valence-electron chi connectivity index (χ3n) is 9.13. The second-order valence-electron chi connectivity index (χ2n) is 12.1. The third-order valence-corrected chi connectivity index (χ3v) is 10.3. The van der Waals surface area contributed by atoms with Gasteiger partial charge >= 0.3 is 5.97 Å². The van der Waals surface area contributed by atoms with Gasteiger partial charge in [0.15, 0.2) is 0 Å². The van der Waals surface area contributed by atoms with Crippen LogP contribution >= 0.6 is 27.5 Å². The van der Waals surface area contributed by atoms with E-state index in [1.165, 1.54) is 9.80 Å². The van der Waals surface area contributed by atoms with Crippen LogP contribution in [0.3, 0.4) is 0 Å². The van der Waals surface area contributed by atoms with Gasteiger partial charge < -0.3 is 29.7 Å². The number of anilines is 1. The first kappa shape index (κ1) is 34.8. The van der Waals surface area contributed by atoms with Gasteiger partial charge in [0.25, 0.3) is 5.91 Å². The van der Waals surface area contributed by atoms with Crippen LogP contribution in [0.4, 0.5) is 5.69 Å². The quantitative estimate of drug-likeness (QED) is 0.168. The topological polar surface area (TPSA) is 125 Å². The van der Waals surface area contributed by atoms with E-state index in [-0.39, 0.29) is 36.7 Å². The number of para-hydroxylation sites is 1. The minimum Gasteiger partial charge on any atom is -0.460 e. The first-order chi connectivity index (χ1) is 22.6. The number of ether oxygens (including phenoxy) is 2. The zero-order valence-corrected chi connectivity index (χ0v) is 28.4. The molecule has 8 atom stereocenters. The maximum absolute atomic E-state index is 14.9. The van der Waals surface area contributed by atoms with E-state index in [9.17, 15) is 24.3 Å². The molecule has 2 aromatic carbocycles. The van der Waals surface area contributed by atoms with Crippen LogP contribution in [0.5, 0.6) is 0 Å². The monoisotopic (exact) mass is 727 g/mol. The first-order valence-electron chi connectivity index (χ1n) is 15.6. The molecule has 3 aliphatic rings. The van der Waals surface area contributed by atoms with E-state index in [4.69, 9.17) is 21.1 Å². The summed E-state index contributed by atoms with van der Waals surface area (Å²) in [6.45, 7) is 8.80. The number of nitrogens with zero attached hydrogens (tertiary/aromatic N) is 2. The van der Waals surface area contributed by atoms with Crippen LogP contribution in [0.1, 0.15) is 37.8 Å². The lowest BCUT2D eigenvalue weighted by molar-refractivity contribution is -0.159. The van der Waals surface area contributed by atoms with E-state index in [0.717, 1.165) is 0 Å². The minimum absolute atomic E-state index is 0.0830. The summed E-state index contributed by atoms with van der Waals surface area (Å²) in [7, 11) is 0. The molecule has 250 valence electrons. The number of fused-ring (bicyclic) bond motifs is 1. The number of hydrogen-bond acceptors (Lipinski definition) is 7. The number of aliphatic hydroxyl groups is 1. The normalized spacial score (nSPS) is 27.1. The highest BCUT2D eigenvalue weighted by Gasteiger charge is 2.77. The highest BCUT2D eigenvalue weighted by atomic mass is 79.9. The van der Waals surface area contributed by atoms with Crippen LogP contribution < -0.4 is 10.2 Å². The van der Waals surface area contributed by atoms with Gasteiger partial charge in [0.1, 0.15) is 17.7 Å². The minimum atomic E-state index is -1.41. The molecule has 3 amide bonds. The van der Waals surface area contributed by atoms with Gasteiger partial charge in [0, 0.05) is 17.8 Å². The smallest absolute Gasteiger partial charge is 0.312 e. The van der Waals surface area contributed by atoms with Crippen LogP contribution in [0.2, 0.25) is 5.02 Å². The maximum Gasteiger partial charge on any atom is 0.312 e. The van der Waals surface area contributed by atoms with E-state index in [0.29, 0.717) is 22.7 Å². The number of carbonyl (C=O) groups is 4. The van der Waals surface area contributed by atoms with Crippen molar-refractivity contribution in [2.45, 2.75) is 60.9 Å². The Kier molecular flexibility index (Phi) is 10.9. The van der Waals surface area contributed by atoms with Crippen molar-refractivity contribution in [1.29, 1.82) is 0 Å². The summed E-state index contributed by atoms with van der Waals surface area (Å²) in [5, 5.41) is 13.8. The Morgan fingerprint density at radius 1 is 1.19 bits per heavy atom. The van der Waals surface area contributed by atoms with E-state index in [1.54, 1.807) is 67.6 Å². The highest BCUT2D eigenvalue weighted by Crippen LogP contribution is 2.61. The molecule has 1 unspecified atom stereocenters. The van der Waals surface area contributed by atoms with Gasteiger partial charge in [-0.3, -0.25) is 19.2 Å². The predicted molar refractivity (Wildman–Crippen MR) is 181 cm³/mol. The molecule has 12 heteroatoms. The largest absolute Gasteiger partial charge is 0.460 e. The standard InChI is InChI=1S/C35H39BrClN3O7/c1-4-6-16-27(42)38-19-21(3)46-34(45)28-29-32(43)40(26(20-41)22-12-8-7-9-13-22)31(35(29)18-23(36)30(28)47-35)33(44)39(17-5-2)25-15-11-10-14-24(25)37/h4-5,7-15,21,23,26,28-31,41H,1-2,6,16-20H2,3H3,(H,38,42)/t21-,23?,26-,28-,29+,30-,31-,35+/m1/s1. The summed E-state index contributed by atoms with van der Waals surface area (Å²) in [5.41, 5.74) is -0.369. The van der Waals surface area contributed by atoms with Crippen LogP contribution in [0.25, 0.3) is 0 Å². The van der Waals surface area contributed by atoms with E-state index < -0.39 is 66.1 Å². The Balaban J connectivity index is 1.53. The van der Waals surface area contributed by atoms with Gasteiger partial charge in [0.2, 0.25) is 11.8 Å². The molecule has 5 rings (SSSR count). The fraction of sp³-hybridized carbons (Fsp3) is 0.429. The second kappa shape index (κ2) is 14.7. The van der Waals surface area contributed by atoms with Crippen LogP contribution in [0, 0.1) is 11.8 Å². The number of nitrogens with one attached hydrogen (secondary N) is 1. The second-order valence-corrected chi connectivity index (χ2v) is 13.7. The fourth-order valence-electron chi connectivity index (χ4n) is 7.13. The molecule has 3 fully saturated rings. The van der Waals surface area contributed by atoms with E-state index >= 15 is 0 Å². The molecule has 3 heterocycles. The zero-order valence-electron chi connectivity index (χ0n) is 26.1. The van der Waals surface area contributed by atoms with Crippen LogP contribution in [-0.4, -0.2) is 82.1 Å². The summed E-state index contributed by atoms with van der Waals surface area (Å²) >= 11 is 10.2. The van der Waals surface area contributed by atoms with Gasteiger partial charge in [0.05, 0.1) is 47.8 Å². The molecular weight excluding hydrogens is 690 g/mol. The molecular formula is C35H39BrClN3O7. The fourth-order valence-corrected chi connectivity index (χ4v) is 8.31. The predicted octanol–water partition coefficient (Wildman–Crippen LogP) is 4.35. The number of aliphatic hydroxyl groups excluding tert-OH is 1. The van der Waals surface area contributed by atoms with Crippen molar-refractivity contribution in [3.05, 3.63) is 90.5 Å². The van der Waals surface area contributed by atoms with Crippen molar-refractivity contribution in [3.63, 3.8) is 0 Å². The van der Waals surface area contributed by atoms with Crippen molar-refractivity contribution in [2.75, 3.05) is 24.6 Å². The summed E-state index contributed by atoms with van der Waals surface area (Å²) in [6.07, 6.45) is 2.82.